The van der Waals surface area contributed by atoms with Crippen LogP contribution in [0.5, 0.6) is 5.75 Å². The standard InChI is InChI=1S/C20H18BrClN2O4S2/c1-28-14-5-2-12(3-6-14)8-19(25)23-20-24(16-7-4-13(21)9-15(16)22)17-10-30(26,27)11-18(17)29-20/h2-7,9,17-18H,8,10-11H2,1H3/t17-,18+/m0/s1. The van der Waals surface area contributed by atoms with Gasteiger partial charge < -0.3 is 9.64 Å². The molecule has 0 unspecified atom stereocenters. The second-order valence-electron chi connectivity index (χ2n) is 7.08. The number of fused-ring (bicyclic) bond motifs is 1. The van der Waals surface area contributed by atoms with Crippen LogP contribution in [0, 0.1) is 0 Å². The maximum absolute atomic E-state index is 12.7. The predicted molar refractivity (Wildman–Crippen MR) is 125 cm³/mol. The molecule has 2 aliphatic rings. The van der Waals surface area contributed by atoms with Crippen molar-refractivity contribution in [2.45, 2.75) is 17.7 Å². The topological polar surface area (TPSA) is 76.0 Å². The van der Waals surface area contributed by atoms with E-state index in [2.05, 4.69) is 20.9 Å². The number of halogens is 2. The molecule has 2 aromatic carbocycles. The lowest BCUT2D eigenvalue weighted by Gasteiger charge is -2.25. The number of sulfone groups is 1. The number of carbonyl (C=O) groups excluding carboxylic acids is 1. The van der Waals surface area contributed by atoms with Crippen molar-refractivity contribution >= 4 is 65.9 Å². The van der Waals surface area contributed by atoms with Crippen LogP contribution in [0.3, 0.4) is 0 Å². The fourth-order valence-corrected chi connectivity index (χ4v) is 8.28. The molecule has 6 nitrogen and oxygen atoms in total. The van der Waals surface area contributed by atoms with Crippen LogP contribution >= 0.6 is 39.3 Å². The molecular weight excluding hydrogens is 512 g/mol. The molecule has 0 aromatic heterocycles. The third-order valence-electron chi connectivity index (χ3n) is 4.97. The summed E-state index contributed by atoms with van der Waals surface area (Å²) in [5, 5.41) is 0.773. The molecule has 2 aromatic rings. The lowest BCUT2D eigenvalue weighted by Crippen LogP contribution is -2.38. The van der Waals surface area contributed by atoms with Gasteiger partial charge in [-0.15, -0.1) is 0 Å². The normalized spacial score (nSPS) is 23.6. The highest BCUT2D eigenvalue weighted by molar-refractivity contribution is 9.10. The number of aliphatic imine (C=N–C) groups is 1. The van der Waals surface area contributed by atoms with Crippen LogP contribution in [-0.4, -0.2) is 49.4 Å². The van der Waals surface area contributed by atoms with Crippen molar-refractivity contribution in [3.63, 3.8) is 0 Å². The van der Waals surface area contributed by atoms with Crippen molar-refractivity contribution < 1.29 is 17.9 Å². The molecule has 30 heavy (non-hydrogen) atoms. The second kappa shape index (κ2) is 8.53. The van der Waals surface area contributed by atoms with Crippen LogP contribution < -0.4 is 9.64 Å². The number of methoxy groups -OCH3 is 1. The molecule has 0 aliphatic carbocycles. The van der Waals surface area contributed by atoms with Gasteiger partial charge in [0, 0.05) is 9.72 Å². The summed E-state index contributed by atoms with van der Waals surface area (Å²) >= 11 is 11.2. The molecule has 0 spiro atoms. The number of ether oxygens (including phenoxy) is 1. The van der Waals surface area contributed by atoms with Crippen molar-refractivity contribution in [3.8, 4) is 5.75 Å². The Labute approximate surface area is 192 Å². The van der Waals surface area contributed by atoms with E-state index in [1.54, 1.807) is 30.2 Å². The van der Waals surface area contributed by atoms with E-state index in [0.717, 1.165) is 10.0 Å². The van der Waals surface area contributed by atoms with Crippen LogP contribution in [0.25, 0.3) is 0 Å². The number of carbonyl (C=O) groups is 1. The minimum Gasteiger partial charge on any atom is -0.497 e. The first-order valence-corrected chi connectivity index (χ1v) is 13.0. The van der Waals surface area contributed by atoms with Gasteiger partial charge in [-0.2, -0.15) is 4.99 Å². The first kappa shape index (κ1) is 21.7. The Kier molecular flexibility index (Phi) is 6.16. The predicted octanol–water partition coefficient (Wildman–Crippen LogP) is 3.96. The van der Waals surface area contributed by atoms with Gasteiger partial charge in [0.1, 0.15) is 5.75 Å². The van der Waals surface area contributed by atoms with Crippen LogP contribution in [0.15, 0.2) is 51.9 Å². The smallest absolute Gasteiger partial charge is 0.252 e. The largest absolute Gasteiger partial charge is 0.497 e. The molecule has 158 valence electrons. The first-order chi connectivity index (χ1) is 14.3. The minimum absolute atomic E-state index is 0.0166. The SMILES string of the molecule is COc1ccc(CC(=O)N=C2S[C@@H]3CS(=O)(=O)C[C@@H]3N2c2ccc(Br)cc2Cl)cc1. The van der Waals surface area contributed by atoms with Gasteiger partial charge in [0.2, 0.25) is 0 Å². The minimum atomic E-state index is -3.14. The molecule has 4 rings (SSSR count). The molecule has 0 N–H and O–H groups in total. The molecule has 2 saturated heterocycles. The summed E-state index contributed by atoms with van der Waals surface area (Å²) in [5.74, 6) is 0.499. The fourth-order valence-electron chi connectivity index (χ4n) is 3.59. The van der Waals surface area contributed by atoms with Crippen LogP contribution in [0.4, 0.5) is 5.69 Å². The third kappa shape index (κ3) is 4.54. The van der Waals surface area contributed by atoms with E-state index in [4.69, 9.17) is 16.3 Å². The molecule has 2 heterocycles. The van der Waals surface area contributed by atoms with Crippen molar-refractivity contribution in [2.24, 2.45) is 4.99 Å². The van der Waals surface area contributed by atoms with Gasteiger partial charge in [-0.05, 0) is 35.9 Å². The average molecular weight is 530 g/mol. The molecule has 2 fully saturated rings. The van der Waals surface area contributed by atoms with Crippen molar-refractivity contribution in [1.29, 1.82) is 0 Å². The Morgan fingerprint density at radius 1 is 1.27 bits per heavy atom. The molecule has 0 saturated carbocycles. The maximum Gasteiger partial charge on any atom is 0.252 e. The molecule has 0 radical (unpaired) electrons. The average Bonchev–Trinajstić information content (AvgIpc) is 3.13. The van der Waals surface area contributed by atoms with E-state index >= 15 is 0 Å². The van der Waals surface area contributed by atoms with Crippen LogP contribution in [0.1, 0.15) is 5.56 Å². The van der Waals surface area contributed by atoms with Crippen molar-refractivity contribution in [1.82, 2.24) is 0 Å². The number of amides is 1. The molecule has 2 atom stereocenters. The van der Waals surface area contributed by atoms with Gasteiger partial charge in [0.15, 0.2) is 15.0 Å². The van der Waals surface area contributed by atoms with Crippen molar-refractivity contribution in [3.05, 3.63) is 57.5 Å². The Morgan fingerprint density at radius 3 is 2.67 bits per heavy atom. The summed E-state index contributed by atoms with van der Waals surface area (Å²) in [6.07, 6.45) is 0.142. The Morgan fingerprint density at radius 2 is 2.00 bits per heavy atom. The summed E-state index contributed by atoms with van der Waals surface area (Å²) < 4.78 is 30.3. The molecule has 10 heteroatoms. The number of benzene rings is 2. The number of thioether (sulfide) groups is 1. The van der Waals surface area contributed by atoms with Crippen LogP contribution in [0.2, 0.25) is 5.02 Å². The summed E-state index contributed by atoms with van der Waals surface area (Å²) in [6.45, 7) is 0. The van der Waals surface area contributed by atoms with Gasteiger partial charge in [0.05, 0.1) is 41.8 Å². The lowest BCUT2D eigenvalue weighted by molar-refractivity contribution is -0.117. The second-order valence-corrected chi connectivity index (χ2v) is 11.8. The van der Waals surface area contributed by atoms with Gasteiger partial charge in [-0.25, -0.2) is 8.42 Å². The zero-order valence-corrected chi connectivity index (χ0v) is 19.9. The number of amidine groups is 1. The summed E-state index contributed by atoms with van der Waals surface area (Å²) in [6, 6.07) is 12.3. The molecule has 0 bridgehead atoms. The Hall–Kier alpha value is -1.55. The highest BCUT2D eigenvalue weighted by Crippen LogP contribution is 2.43. The third-order valence-corrected chi connectivity index (χ3v) is 8.98. The van der Waals surface area contributed by atoms with Gasteiger partial charge >= 0.3 is 0 Å². The summed E-state index contributed by atoms with van der Waals surface area (Å²) in [5.41, 5.74) is 1.47. The summed E-state index contributed by atoms with van der Waals surface area (Å²) in [7, 11) is -1.56. The van der Waals surface area contributed by atoms with E-state index in [1.807, 2.05) is 24.3 Å². The zero-order valence-electron chi connectivity index (χ0n) is 15.9. The Balaban J connectivity index is 1.63. The number of rotatable bonds is 4. The quantitative estimate of drug-likeness (QED) is 0.597. The highest BCUT2D eigenvalue weighted by Gasteiger charge is 2.49. The van der Waals surface area contributed by atoms with E-state index in [-0.39, 0.29) is 35.1 Å². The maximum atomic E-state index is 12.7. The highest BCUT2D eigenvalue weighted by atomic mass is 79.9. The molecule has 1 amide bonds. The first-order valence-electron chi connectivity index (χ1n) is 9.11. The van der Waals surface area contributed by atoms with E-state index in [9.17, 15) is 13.2 Å². The van der Waals surface area contributed by atoms with Gasteiger partial charge in [-0.3, -0.25) is 4.79 Å². The van der Waals surface area contributed by atoms with Gasteiger partial charge in [0.25, 0.3) is 5.91 Å². The van der Waals surface area contributed by atoms with Crippen molar-refractivity contribution in [2.75, 3.05) is 23.5 Å². The number of anilines is 1. The molecule has 2 aliphatic heterocycles. The number of hydrogen-bond acceptors (Lipinski definition) is 5. The van der Waals surface area contributed by atoms with E-state index in [0.29, 0.717) is 21.6 Å². The Bertz CT molecular complexity index is 1120. The molecular formula is C20H18BrClN2O4S2. The van der Waals surface area contributed by atoms with E-state index < -0.39 is 9.84 Å². The van der Waals surface area contributed by atoms with Crippen LogP contribution in [-0.2, 0) is 21.1 Å². The van der Waals surface area contributed by atoms with E-state index in [1.165, 1.54) is 11.8 Å². The zero-order chi connectivity index (χ0) is 21.5. The monoisotopic (exact) mass is 528 g/mol. The summed E-state index contributed by atoms with van der Waals surface area (Å²) in [4.78, 5) is 18.8. The lowest BCUT2D eigenvalue weighted by atomic mass is 10.1. The fraction of sp³-hybridized carbons (Fsp3) is 0.300. The van der Waals surface area contributed by atoms with Gasteiger partial charge in [-0.1, -0.05) is 51.4 Å². The number of hydrogen-bond donors (Lipinski definition) is 0. The number of nitrogens with zero attached hydrogens (tertiary/aromatic N) is 2.